The van der Waals surface area contributed by atoms with Crippen molar-refractivity contribution in [3.63, 3.8) is 0 Å². The standard InChI is InChI=1S/C27H36N6O2/c1-3-10-32(11-9-28-4-2)26-8-6-22(17-29-26)21-5-7-24-25(16-21)35-20-27-30-23(19-33(24)27)18-31-12-14-34-15-13-31/h5-8,16-17,19,28H,3-4,9-15,18,20H2,1-2H3. The van der Waals surface area contributed by atoms with Gasteiger partial charge in [0, 0.05) is 57.2 Å². The monoisotopic (exact) mass is 476 g/mol. The average Bonchev–Trinajstić information content (AvgIpc) is 3.31. The Morgan fingerprint density at radius 3 is 2.69 bits per heavy atom. The summed E-state index contributed by atoms with van der Waals surface area (Å²) in [5, 5.41) is 3.40. The zero-order valence-corrected chi connectivity index (χ0v) is 20.9. The van der Waals surface area contributed by atoms with E-state index in [0.717, 1.165) is 105 Å². The SMILES string of the molecule is CCCN(CCNCC)c1ccc(-c2ccc3c(c2)OCc2nc(CN4CCOCC4)cn2-3)cn1. The van der Waals surface area contributed by atoms with E-state index in [2.05, 4.69) is 70.1 Å². The summed E-state index contributed by atoms with van der Waals surface area (Å²) >= 11 is 0. The fraction of sp³-hybridized carbons (Fsp3) is 0.481. The Bertz CT molecular complexity index is 1110. The number of nitrogens with one attached hydrogen (secondary N) is 1. The highest BCUT2D eigenvalue weighted by Crippen LogP contribution is 2.34. The van der Waals surface area contributed by atoms with Crippen molar-refractivity contribution in [3.8, 4) is 22.6 Å². The van der Waals surface area contributed by atoms with E-state index in [-0.39, 0.29) is 0 Å². The van der Waals surface area contributed by atoms with Gasteiger partial charge in [-0.25, -0.2) is 9.97 Å². The maximum atomic E-state index is 6.11. The fourth-order valence-electron chi connectivity index (χ4n) is 4.74. The van der Waals surface area contributed by atoms with Crippen molar-refractivity contribution in [2.45, 2.75) is 33.4 Å². The van der Waals surface area contributed by atoms with E-state index < -0.39 is 0 Å². The van der Waals surface area contributed by atoms with Crippen LogP contribution in [0.3, 0.4) is 0 Å². The predicted octanol–water partition coefficient (Wildman–Crippen LogP) is 3.48. The van der Waals surface area contributed by atoms with Crippen molar-refractivity contribution >= 4 is 5.82 Å². The molecule has 0 unspecified atom stereocenters. The number of hydrogen-bond acceptors (Lipinski definition) is 7. The Morgan fingerprint density at radius 2 is 1.91 bits per heavy atom. The van der Waals surface area contributed by atoms with E-state index >= 15 is 0 Å². The average molecular weight is 477 g/mol. The lowest BCUT2D eigenvalue weighted by atomic mass is 10.1. The number of aromatic nitrogens is 3. The first-order valence-corrected chi connectivity index (χ1v) is 12.8. The third kappa shape index (κ3) is 5.50. The molecule has 2 aliphatic rings. The topological polar surface area (TPSA) is 67.7 Å². The molecule has 0 amide bonds. The van der Waals surface area contributed by atoms with Crippen LogP contribution in [0.25, 0.3) is 16.8 Å². The number of imidazole rings is 1. The van der Waals surface area contributed by atoms with Gasteiger partial charge < -0.3 is 19.7 Å². The van der Waals surface area contributed by atoms with Gasteiger partial charge in [-0.2, -0.15) is 0 Å². The van der Waals surface area contributed by atoms with E-state index in [0.29, 0.717) is 6.61 Å². The molecule has 5 rings (SSSR count). The smallest absolute Gasteiger partial charge is 0.151 e. The van der Waals surface area contributed by atoms with E-state index in [1.165, 1.54) is 0 Å². The minimum absolute atomic E-state index is 0.481. The molecule has 35 heavy (non-hydrogen) atoms. The Morgan fingerprint density at radius 1 is 1.06 bits per heavy atom. The number of fused-ring (bicyclic) bond motifs is 3. The van der Waals surface area contributed by atoms with Crippen molar-refractivity contribution in [2.75, 3.05) is 57.4 Å². The molecule has 4 heterocycles. The molecule has 0 bridgehead atoms. The Labute approximate surface area is 207 Å². The van der Waals surface area contributed by atoms with Crippen LogP contribution in [0.1, 0.15) is 31.8 Å². The zero-order chi connectivity index (χ0) is 24.0. The van der Waals surface area contributed by atoms with Gasteiger partial charge in [0.05, 0.1) is 24.6 Å². The summed E-state index contributed by atoms with van der Waals surface area (Å²) in [5.41, 5.74) is 4.31. The summed E-state index contributed by atoms with van der Waals surface area (Å²) in [7, 11) is 0. The van der Waals surface area contributed by atoms with E-state index in [4.69, 9.17) is 19.4 Å². The van der Waals surface area contributed by atoms with Crippen LogP contribution in [0.5, 0.6) is 5.75 Å². The van der Waals surface area contributed by atoms with Gasteiger partial charge >= 0.3 is 0 Å². The third-order valence-corrected chi connectivity index (χ3v) is 6.60. The molecule has 2 aliphatic heterocycles. The summed E-state index contributed by atoms with van der Waals surface area (Å²) in [6.07, 6.45) is 5.22. The first-order valence-electron chi connectivity index (χ1n) is 12.8. The second-order valence-corrected chi connectivity index (χ2v) is 9.12. The van der Waals surface area contributed by atoms with Gasteiger partial charge in [-0.05, 0) is 42.8 Å². The number of hydrogen-bond donors (Lipinski definition) is 1. The summed E-state index contributed by atoms with van der Waals surface area (Å²) in [6.45, 7) is 13.1. The largest absolute Gasteiger partial charge is 0.483 e. The maximum Gasteiger partial charge on any atom is 0.151 e. The summed E-state index contributed by atoms with van der Waals surface area (Å²) in [5.74, 6) is 2.86. The van der Waals surface area contributed by atoms with Crippen molar-refractivity contribution < 1.29 is 9.47 Å². The summed E-state index contributed by atoms with van der Waals surface area (Å²) < 4.78 is 13.7. The molecule has 1 N–H and O–H groups in total. The molecule has 8 nitrogen and oxygen atoms in total. The Hall–Kier alpha value is -2.94. The van der Waals surface area contributed by atoms with Gasteiger partial charge in [-0.3, -0.25) is 9.47 Å². The normalized spacial score (nSPS) is 15.4. The summed E-state index contributed by atoms with van der Waals surface area (Å²) in [4.78, 5) is 14.4. The highest BCUT2D eigenvalue weighted by atomic mass is 16.5. The van der Waals surface area contributed by atoms with Gasteiger partial charge in [-0.1, -0.05) is 19.9 Å². The molecule has 0 atom stereocenters. The minimum Gasteiger partial charge on any atom is -0.483 e. The maximum absolute atomic E-state index is 6.11. The summed E-state index contributed by atoms with van der Waals surface area (Å²) in [6, 6.07) is 10.7. The number of pyridine rings is 1. The van der Waals surface area contributed by atoms with Crippen molar-refractivity contribution in [1.82, 2.24) is 24.8 Å². The number of nitrogens with zero attached hydrogens (tertiary/aromatic N) is 5. The van der Waals surface area contributed by atoms with Crippen LogP contribution in [0.15, 0.2) is 42.7 Å². The molecular formula is C27H36N6O2. The lowest BCUT2D eigenvalue weighted by Crippen LogP contribution is -2.35. The molecule has 1 fully saturated rings. The van der Waals surface area contributed by atoms with Crippen LogP contribution in [0, 0.1) is 0 Å². The van der Waals surface area contributed by atoms with Crippen LogP contribution in [0.4, 0.5) is 5.82 Å². The zero-order valence-electron chi connectivity index (χ0n) is 20.9. The van der Waals surface area contributed by atoms with Gasteiger partial charge in [0.1, 0.15) is 18.2 Å². The molecule has 2 aromatic heterocycles. The van der Waals surface area contributed by atoms with E-state index in [1.807, 2.05) is 6.20 Å². The van der Waals surface area contributed by atoms with Crippen molar-refractivity contribution in [2.24, 2.45) is 0 Å². The quantitative estimate of drug-likeness (QED) is 0.449. The Kier molecular flexibility index (Phi) is 7.61. The molecule has 3 aromatic rings. The van der Waals surface area contributed by atoms with Crippen LogP contribution in [0.2, 0.25) is 0 Å². The number of benzene rings is 1. The van der Waals surface area contributed by atoms with Crippen molar-refractivity contribution in [1.29, 1.82) is 0 Å². The molecule has 0 spiro atoms. The molecule has 0 radical (unpaired) electrons. The van der Waals surface area contributed by atoms with E-state index in [9.17, 15) is 0 Å². The molecule has 0 aliphatic carbocycles. The molecule has 1 aromatic carbocycles. The molecule has 186 valence electrons. The molecule has 1 saturated heterocycles. The highest BCUT2D eigenvalue weighted by molar-refractivity contribution is 5.69. The minimum atomic E-state index is 0.481. The van der Waals surface area contributed by atoms with Crippen LogP contribution in [-0.2, 0) is 17.9 Å². The van der Waals surface area contributed by atoms with Gasteiger partial charge in [0.2, 0.25) is 0 Å². The lowest BCUT2D eigenvalue weighted by molar-refractivity contribution is 0.0337. The van der Waals surface area contributed by atoms with Gasteiger partial charge in [-0.15, -0.1) is 0 Å². The fourth-order valence-corrected chi connectivity index (χ4v) is 4.74. The number of morpholine rings is 1. The second-order valence-electron chi connectivity index (χ2n) is 9.12. The number of anilines is 1. The van der Waals surface area contributed by atoms with Gasteiger partial charge in [0.25, 0.3) is 0 Å². The van der Waals surface area contributed by atoms with Gasteiger partial charge in [0.15, 0.2) is 5.82 Å². The molecular weight excluding hydrogens is 440 g/mol. The van der Waals surface area contributed by atoms with Crippen LogP contribution in [-0.4, -0.2) is 71.9 Å². The number of likely N-dealkylation sites (N-methyl/N-ethyl adjacent to an activating group) is 1. The van der Waals surface area contributed by atoms with Crippen LogP contribution < -0.4 is 15.0 Å². The van der Waals surface area contributed by atoms with E-state index in [1.54, 1.807) is 0 Å². The first kappa shape index (κ1) is 23.8. The number of rotatable bonds is 10. The second kappa shape index (κ2) is 11.2. The predicted molar refractivity (Wildman–Crippen MR) is 138 cm³/mol. The van der Waals surface area contributed by atoms with Crippen LogP contribution >= 0.6 is 0 Å². The molecule has 0 saturated carbocycles. The highest BCUT2D eigenvalue weighted by Gasteiger charge is 2.21. The number of ether oxygens (including phenoxy) is 2. The van der Waals surface area contributed by atoms with Crippen molar-refractivity contribution in [3.05, 3.63) is 54.2 Å². The Balaban J connectivity index is 1.31. The first-order chi connectivity index (χ1) is 17.2. The molecule has 8 heteroatoms. The third-order valence-electron chi connectivity index (χ3n) is 6.60. The lowest BCUT2D eigenvalue weighted by Gasteiger charge is -2.25.